The average Bonchev–Trinajstić information content (AvgIpc) is 2.97. The van der Waals surface area contributed by atoms with E-state index in [-0.39, 0.29) is 6.61 Å². The van der Waals surface area contributed by atoms with Crippen molar-refractivity contribution < 1.29 is 19.3 Å². The molecule has 1 aromatic heterocycles. The number of aliphatic hydroxyl groups is 1. The molecule has 9 heteroatoms. The topological polar surface area (TPSA) is 91.5 Å². The van der Waals surface area contributed by atoms with Crippen LogP contribution in [0.3, 0.4) is 0 Å². The lowest BCUT2D eigenvalue weighted by molar-refractivity contribution is 0.0397. The molecule has 0 aliphatic carbocycles. The van der Waals surface area contributed by atoms with Crippen molar-refractivity contribution in [1.82, 2.24) is 20.2 Å². The Balaban J connectivity index is 1.75. The Morgan fingerprint density at radius 3 is 2.70 bits per heavy atom. The minimum atomic E-state index is -0.600. The highest BCUT2D eigenvalue weighted by Crippen LogP contribution is 2.27. The van der Waals surface area contributed by atoms with Gasteiger partial charge in [-0.1, -0.05) is 17.8 Å². The van der Waals surface area contributed by atoms with E-state index in [1.165, 1.54) is 11.8 Å². The Morgan fingerprint density at radius 1 is 1.26 bits per heavy atom. The lowest BCUT2D eigenvalue weighted by Gasteiger charge is -2.12. The van der Waals surface area contributed by atoms with Gasteiger partial charge in [0.25, 0.3) is 0 Å². The van der Waals surface area contributed by atoms with Crippen LogP contribution in [0.1, 0.15) is 5.56 Å². The molecule has 1 N–H and O–H groups in total. The predicted octanol–water partition coefficient (Wildman–Crippen LogP) is 0.897. The molecular weight excluding hydrogens is 320 g/mol. The van der Waals surface area contributed by atoms with Gasteiger partial charge >= 0.3 is 0 Å². The standard InChI is InChI=1S/C14H20N4O4S/c1-18-14(15-16-17-18)23-9-11(19)8-22-7-10-4-5-12(20-2)13(6-10)21-3/h4-6,11,19H,7-9H2,1-3H3. The van der Waals surface area contributed by atoms with Crippen LogP contribution in [-0.4, -0.2) is 58.0 Å². The summed E-state index contributed by atoms with van der Waals surface area (Å²) in [5, 5.41) is 21.7. The van der Waals surface area contributed by atoms with Crippen LogP contribution < -0.4 is 9.47 Å². The summed E-state index contributed by atoms with van der Waals surface area (Å²) in [5.41, 5.74) is 0.944. The second kappa shape index (κ2) is 8.70. The van der Waals surface area contributed by atoms with E-state index < -0.39 is 6.10 Å². The number of rotatable bonds is 9. The molecule has 23 heavy (non-hydrogen) atoms. The van der Waals surface area contributed by atoms with Crippen LogP contribution in [-0.2, 0) is 18.4 Å². The van der Waals surface area contributed by atoms with E-state index in [9.17, 15) is 5.11 Å². The van der Waals surface area contributed by atoms with Crippen molar-refractivity contribution in [3.05, 3.63) is 23.8 Å². The Bertz CT molecular complexity index is 623. The first-order valence-electron chi connectivity index (χ1n) is 6.96. The van der Waals surface area contributed by atoms with Gasteiger partial charge in [-0.2, -0.15) is 0 Å². The summed E-state index contributed by atoms with van der Waals surface area (Å²) in [6.07, 6.45) is -0.600. The highest BCUT2D eigenvalue weighted by atomic mass is 32.2. The summed E-state index contributed by atoms with van der Waals surface area (Å²) in [5.74, 6) is 1.78. The van der Waals surface area contributed by atoms with Crippen LogP contribution in [0.5, 0.6) is 11.5 Å². The van der Waals surface area contributed by atoms with Crippen molar-refractivity contribution in [2.24, 2.45) is 7.05 Å². The van der Waals surface area contributed by atoms with Crippen LogP contribution in [0.4, 0.5) is 0 Å². The van der Waals surface area contributed by atoms with E-state index in [1.54, 1.807) is 25.9 Å². The molecule has 1 heterocycles. The number of aryl methyl sites for hydroxylation is 1. The summed E-state index contributed by atoms with van der Waals surface area (Å²) < 4.78 is 17.5. The average molecular weight is 340 g/mol. The van der Waals surface area contributed by atoms with Gasteiger partial charge in [-0.25, -0.2) is 4.68 Å². The second-order valence-corrected chi connectivity index (χ2v) is 5.74. The van der Waals surface area contributed by atoms with E-state index in [1.807, 2.05) is 18.2 Å². The van der Waals surface area contributed by atoms with Gasteiger partial charge in [-0.15, -0.1) is 5.10 Å². The van der Waals surface area contributed by atoms with Crippen molar-refractivity contribution >= 4 is 11.8 Å². The number of hydrogen-bond acceptors (Lipinski definition) is 8. The molecule has 0 saturated heterocycles. The van der Waals surface area contributed by atoms with Gasteiger partial charge in [0.2, 0.25) is 5.16 Å². The molecular formula is C14H20N4O4S. The van der Waals surface area contributed by atoms with Gasteiger partial charge in [-0.05, 0) is 28.1 Å². The molecule has 0 bridgehead atoms. The summed E-state index contributed by atoms with van der Waals surface area (Å²) in [7, 11) is 4.93. The minimum absolute atomic E-state index is 0.229. The maximum absolute atomic E-state index is 9.93. The fourth-order valence-electron chi connectivity index (χ4n) is 1.85. The number of aromatic nitrogens is 4. The molecule has 0 radical (unpaired) electrons. The quantitative estimate of drug-likeness (QED) is 0.673. The molecule has 0 aliphatic rings. The molecule has 1 atom stereocenters. The molecule has 0 aliphatic heterocycles. The second-order valence-electron chi connectivity index (χ2n) is 4.75. The lowest BCUT2D eigenvalue weighted by Crippen LogP contribution is -2.18. The maximum Gasteiger partial charge on any atom is 0.209 e. The van der Waals surface area contributed by atoms with Crippen molar-refractivity contribution in [2.75, 3.05) is 26.6 Å². The number of methoxy groups -OCH3 is 2. The highest BCUT2D eigenvalue weighted by molar-refractivity contribution is 7.99. The van der Waals surface area contributed by atoms with Gasteiger partial charge < -0.3 is 19.3 Å². The third-order valence-electron chi connectivity index (χ3n) is 3.01. The third kappa shape index (κ3) is 5.08. The van der Waals surface area contributed by atoms with Gasteiger partial charge in [0, 0.05) is 12.8 Å². The smallest absolute Gasteiger partial charge is 0.209 e. The number of ether oxygens (including phenoxy) is 3. The van der Waals surface area contributed by atoms with E-state index in [2.05, 4.69) is 15.5 Å². The number of aliphatic hydroxyl groups excluding tert-OH is 1. The number of benzene rings is 1. The largest absolute Gasteiger partial charge is 0.493 e. The molecule has 0 saturated carbocycles. The van der Waals surface area contributed by atoms with Gasteiger partial charge in [0.15, 0.2) is 11.5 Å². The summed E-state index contributed by atoms with van der Waals surface area (Å²) in [6, 6.07) is 5.57. The molecule has 0 amide bonds. The zero-order valence-corrected chi connectivity index (χ0v) is 14.1. The van der Waals surface area contributed by atoms with Crippen LogP contribution in [0, 0.1) is 0 Å². The number of hydrogen-bond donors (Lipinski definition) is 1. The SMILES string of the molecule is COc1ccc(COCC(O)CSc2nnnn2C)cc1OC. The zero-order chi connectivity index (χ0) is 16.7. The van der Waals surface area contributed by atoms with E-state index in [0.29, 0.717) is 29.0 Å². The molecule has 2 aromatic rings. The fourth-order valence-corrected chi connectivity index (χ4v) is 2.60. The van der Waals surface area contributed by atoms with Crippen molar-refractivity contribution in [1.29, 1.82) is 0 Å². The van der Waals surface area contributed by atoms with Crippen molar-refractivity contribution in [3.63, 3.8) is 0 Å². The van der Waals surface area contributed by atoms with Gasteiger partial charge in [0.05, 0.1) is 33.5 Å². The number of tetrazole rings is 1. The predicted molar refractivity (Wildman–Crippen MR) is 84.7 cm³/mol. The first-order valence-corrected chi connectivity index (χ1v) is 7.94. The lowest BCUT2D eigenvalue weighted by atomic mass is 10.2. The van der Waals surface area contributed by atoms with Crippen LogP contribution in [0.2, 0.25) is 0 Å². The molecule has 126 valence electrons. The normalized spacial score (nSPS) is 12.2. The van der Waals surface area contributed by atoms with E-state index in [0.717, 1.165) is 5.56 Å². The van der Waals surface area contributed by atoms with E-state index >= 15 is 0 Å². The van der Waals surface area contributed by atoms with Gasteiger partial charge in [0.1, 0.15) is 0 Å². The third-order valence-corrected chi connectivity index (χ3v) is 4.17. The first kappa shape index (κ1) is 17.5. The zero-order valence-electron chi connectivity index (χ0n) is 13.3. The Kier molecular flexibility index (Phi) is 6.63. The Hall–Kier alpha value is -1.84. The maximum atomic E-state index is 9.93. The Morgan fingerprint density at radius 2 is 2.04 bits per heavy atom. The van der Waals surface area contributed by atoms with E-state index in [4.69, 9.17) is 14.2 Å². The summed E-state index contributed by atoms with van der Waals surface area (Å²) >= 11 is 1.38. The van der Waals surface area contributed by atoms with Crippen LogP contribution in [0.15, 0.2) is 23.4 Å². The first-order chi connectivity index (χ1) is 11.1. The van der Waals surface area contributed by atoms with Crippen LogP contribution >= 0.6 is 11.8 Å². The molecule has 0 fully saturated rings. The van der Waals surface area contributed by atoms with Crippen LogP contribution in [0.25, 0.3) is 0 Å². The molecule has 1 aromatic carbocycles. The molecule has 8 nitrogen and oxygen atoms in total. The van der Waals surface area contributed by atoms with Crippen molar-refractivity contribution in [2.45, 2.75) is 17.9 Å². The van der Waals surface area contributed by atoms with Crippen molar-refractivity contribution in [3.8, 4) is 11.5 Å². The summed E-state index contributed by atoms with van der Waals surface area (Å²) in [6.45, 7) is 0.611. The van der Waals surface area contributed by atoms with Gasteiger partial charge in [-0.3, -0.25) is 0 Å². The Labute approximate surface area is 138 Å². The highest BCUT2D eigenvalue weighted by Gasteiger charge is 2.10. The number of nitrogens with zero attached hydrogens (tertiary/aromatic N) is 4. The monoisotopic (exact) mass is 340 g/mol. The fraction of sp³-hybridized carbons (Fsp3) is 0.500. The number of thioether (sulfide) groups is 1. The molecule has 1 unspecified atom stereocenters. The molecule has 2 rings (SSSR count). The minimum Gasteiger partial charge on any atom is -0.493 e. The molecule has 0 spiro atoms. The summed E-state index contributed by atoms with van der Waals surface area (Å²) in [4.78, 5) is 0.